The van der Waals surface area contributed by atoms with Crippen molar-refractivity contribution in [3.63, 3.8) is 0 Å². The SMILES string of the molecule is COc1nc(-c2cccc(-c3cccc(CC(=O)c4cc(OC(F)F)c5c(n4)CN(CCO)CC5)c3Cl)c2Cl)cnc1CN1CC2(CC(O)C2)C1. The molecule has 4 aromatic rings. The lowest BCUT2D eigenvalue weighted by atomic mass is 9.62. The van der Waals surface area contributed by atoms with Gasteiger partial charge in [-0.05, 0) is 24.8 Å². The van der Waals surface area contributed by atoms with Crippen LogP contribution in [0.1, 0.15) is 45.8 Å². The number of likely N-dealkylation sites (tertiary alicyclic amines) is 1. The molecule has 268 valence electrons. The Balaban J connectivity index is 1.12. The van der Waals surface area contributed by atoms with Gasteiger partial charge in [-0.15, -0.1) is 0 Å². The highest BCUT2D eigenvalue weighted by atomic mass is 35.5. The van der Waals surface area contributed by atoms with E-state index in [9.17, 15) is 23.8 Å². The topological polar surface area (TPSA) is 121 Å². The highest BCUT2D eigenvalue weighted by molar-refractivity contribution is 6.38. The van der Waals surface area contributed by atoms with Gasteiger partial charge >= 0.3 is 6.61 Å². The van der Waals surface area contributed by atoms with Crippen LogP contribution in [0.4, 0.5) is 8.78 Å². The van der Waals surface area contributed by atoms with Gasteiger partial charge in [-0.1, -0.05) is 59.6 Å². The van der Waals surface area contributed by atoms with Gasteiger partial charge in [0.2, 0.25) is 5.88 Å². The number of benzene rings is 2. The smallest absolute Gasteiger partial charge is 0.387 e. The maximum Gasteiger partial charge on any atom is 0.387 e. The van der Waals surface area contributed by atoms with Gasteiger partial charge in [0, 0.05) is 79.4 Å². The first-order valence-corrected chi connectivity index (χ1v) is 17.5. The highest BCUT2D eigenvalue weighted by Gasteiger charge is 2.51. The number of hydrogen-bond acceptors (Lipinski definition) is 10. The molecular weight excluding hydrogens is 703 g/mol. The van der Waals surface area contributed by atoms with Crippen LogP contribution in [0.25, 0.3) is 22.4 Å². The molecule has 3 aliphatic rings. The number of β-amino-alcohol motifs (C(OH)–C–C–N with tert-alkyl or cyclic N) is 1. The van der Waals surface area contributed by atoms with Gasteiger partial charge in [0.15, 0.2) is 5.78 Å². The number of methoxy groups -OCH3 is 1. The van der Waals surface area contributed by atoms with Gasteiger partial charge in [-0.25, -0.2) is 9.97 Å². The molecule has 0 unspecified atom stereocenters. The van der Waals surface area contributed by atoms with E-state index in [0.29, 0.717) is 93.4 Å². The Morgan fingerprint density at radius 3 is 2.49 bits per heavy atom. The van der Waals surface area contributed by atoms with E-state index in [0.717, 1.165) is 25.9 Å². The molecule has 2 aromatic heterocycles. The van der Waals surface area contributed by atoms with Crippen LogP contribution in [0, 0.1) is 5.41 Å². The number of halogens is 4. The quantitative estimate of drug-likeness (QED) is 0.171. The van der Waals surface area contributed by atoms with Crippen molar-refractivity contribution >= 4 is 29.0 Å². The van der Waals surface area contributed by atoms with Crippen LogP contribution in [-0.2, 0) is 25.9 Å². The fourth-order valence-electron chi connectivity index (χ4n) is 7.58. The second kappa shape index (κ2) is 14.7. The third-order valence-corrected chi connectivity index (χ3v) is 10.8. The van der Waals surface area contributed by atoms with E-state index in [2.05, 4.69) is 14.9 Å². The largest absolute Gasteiger partial charge is 0.480 e. The molecule has 1 spiro atoms. The Labute approximate surface area is 304 Å². The first-order chi connectivity index (χ1) is 24.6. The third kappa shape index (κ3) is 7.31. The lowest BCUT2D eigenvalue weighted by molar-refractivity contribution is -0.131. The molecule has 0 radical (unpaired) electrons. The number of aliphatic hydroxyl groups excluding tert-OH is 2. The van der Waals surface area contributed by atoms with Crippen LogP contribution < -0.4 is 9.47 Å². The molecule has 51 heavy (non-hydrogen) atoms. The van der Waals surface area contributed by atoms with E-state index in [1.807, 2.05) is 23.1 Å². The predicted molar refractivity (Wildman–Crippen MR) is 187 cm³/mol. The fourth-order valence-corrected chi connectivity index (χ4v) is 8.20. The number of pyridine rings is 1. The molecule has 0 amide bonds. The summed E-state index contributed by atoms with van der Waals surface area (Å²) in [6.45, 7) is 0.541. The number of nitrogens with zero attached hydrogens (tertiary/aromatic N) is 5. The number of ketones is 1. The average Bonchev–Trinajstić information content (AvgIpc) is 3.07. The maximum absolute atomic E-state index is 13.6. The summed E-state index contributed by atoms with van der Waals surface area (Å²) < 4.78 is 37.1. The van der Waals surface area contributed by atoms with Gasteiger partial charge in [0.1, 0.15) is 17.1 Å². The molecule has 1 saturated heterocycles. The number of Topliss-reactive ketones (excluding diaryl/α,β-unsaturated/α-hetero) is 1. The van der Waals surface area contributed by atoms with Crippen molar-refractivity contribution in [2.45, 2.75) is 51.5 Å². The van der Waals surface area contributed by atoms with Crippen LogP contribution in [-0.4, -0.2) is 93.4 Å². The summed E-state index contributed by atoms with van der Waals surface area (Å²) in [5, 5.41) is 19.8. The molecule has 7 rings (SSSR count). The number of rotatable bonds is 12. The van der Waals surface area contributed by atoms with Crippen LogP contribution in [0.3, 0.4) is 0 Å². The maximum atomic E-state index is 13.6. The lowest BCUT2D eigenvalue weighted by Crippen LogP contribution is -2.63. The summed E-state index contributed by atoms with van der Waals surface area (Å²) >= 11 is 14.0. The van der Waals surface area contributed by atoms with Crippen molar-refractivity contribution in [3.05, 3.63) is 86.9 Å². The van der Waals surface area contributed by atoms with E-state index in [4.69, 9.17) is 37.7 Å². The number of carbonyl (C=O) groups excluding carboxylic acids is 1. The molecule has 2 fully saturated rings. The minimum atomic E-state index is -3.06. The zero-order valence-electron chi connectivity index (χ0n) is 27.9. The summed E-state index contributed by atoms with van der Waals surface area (Å²) in [5.41, 5.74) is 4.80. The van der Waals surface area contributed by atoms with Gasteiger partial charge < -0.3 is 19.7 Å². The normalized spacial score (nSPS) is 17.3. The molecule has 4 heterocycles. The number of aromatic nitrogens is 3. The number of carbonyl (C=O) groups is 1. The van der Waals surface area contributed by atoms with Gasteiger partial charge in [-0.3, -0.25) is 19.6 Å². The summed E-state index contributed by atoms with van der Waals surface area (Å²) in [4.78, 5) is 31.8. The van der Waals surface area contributed by atoms with Crippen LogP contribution in [0.2, 0.25) is 10.0 Å². The van der Waals surface area contributed by atoms with Crippen LogP contribution in [0.15, 0.2) is 48.7 Å². The van der Waals surface area contributed by atoms with Gasteiger partial charge in [0.05, 0.1) is 47.5 Å². The second-order valence-corrected chi connectivity index (χ2v) is 14.3. The minimum Gasteiger partial charge on any atom is -0.480 e. The summed E-state index contributed by atoms with van der Waals surface area (Å²) in [5.74, 6) is -0.0844. The first kappa shape index (κ1) is 35.6. The van der Waals surface area contributed by atoms with Gasteiger partial charge in [0.25, 0.3) is 0 Å². The Morgan fingerprint density at radius 1 is 1.06 bits per heavy atom. The summed E-state index contributed by atoms with van der Waals surface area (Å²) in [6, 6.07) is 12.1. The Bertz CT molecular complexity index is 1950. The van der Waals surface area contributed by atoms with Crippen molar-refractivity contribution in [2.24, 2.45) is 5.41 Å². The molecular formula is C37H37Cl2F2N5O5. The van der Waals surface area contributed by atoms with Crippen molar-refractivity contribution < 1.29 is 33.3 Å². The van der Waals surface area contributed by atoms with E-state index in [1.54, 1.807) is 31.5 Å². The molecule has 0 bridgehead atoms. The average molecular weight is 741 g/mol. The Hall–Kier alpha value is -3.78. The monoisotopic (exact) mass is 739 g/mol. The third-order valence-electron chi connectivity index (χ3n) is 9.97. The standard InChI is InChI=1S/C37H37Cl2F2N5O5/c1-50-35-30(18-46-19-37(20-46)14-22(48)15-37)42-16-28(44-35)26-7-3-6-24(34(26)39)23-5-2-4-21(33(23)38)12-31(49)27-13-32(51-36(40)41)25-8-9-45(10-11-47)17-29(25)43-27/h2-7,13,16,22,36,47-48H,8-12,14-15,17-20H2,1H3. The fraction of sp³-hybridized carbons (Fsp3) is 0.405. The number of alkyl halides is 2. The molecule has 10 nitrogen and oxygen atoms in total. The van der Waals surface area contributed by atoms with Crippen molar-refractivity contribution in [1.82, 2.24) is 24.8 Å². The van der Waals surface area contributed by atoms with Crippen molar-refractivity contribution in [2.75, 3.05) is 39.9 Å². The Morgan fingerprint density at radius 2 is 1.78 bits per heavy atom. The molecule has 0 atom stereocenters. The zero-order chi connectivity index (χ0) is 35.9. The first-order valence-electron chi connectivity index (χ1n) is 16.8. The van der Waals surface area contributed by atoms with E-state index in [-0.39, 0.29) is 36.0 Å². The number of aliphatic hydroxyl groups is 2. The zero-order valence-corrected chi connectivity index (χ0v) is 29.4. The van der Waals surface area contributed by atoms with Crippen LogP contribution in [0.5, 0.6) is 11.6 Å². The van der Waals surface area contributed by atoms with E-state index in [1.165, 1.54) is 6.07 Å². The summed E-state index contributed by atoms with van der Waals surface area (Å²) in [7, 11) is 1.56. The minimum absolute atomic E-state index is 0.0110. The number of hydrogen-bond donors (Lipinski definition) is 2. The van der Waals surface area contributed by atoms with Crippen molar-refractivity contribution in [1.29, 1.82) is 0 Å². The summed E-state index contributed by atoms with van der Waals surface area (Å²) in [6.07, 6.45) is 3.44. The molecule has 1 saturated carbocycles. The van der Waals surface area contributed by atoms with Gasteiger partial charge in [-0.2, -0.15) is 8.78 Å². The second-order valence-electron chi connectivity index (χ2n) is 13.5. The Kier molecular flexibility index (Phi) is 10.3. The molecule has 2 aromatic carbocycles. The predicted octanol–water partition coefficient (Wildman–Crippen LogP) is 5.85. The highest BCUT2D eigenvalue weighted by Crippen LogP contribution is 2.49. The van der Waals surface area contributed by atoms with Crippen LogP contribution >= 0.6 is 23.2 Å². The molecule has 2 aliphatic heterocycles. The van der Waals surface area contributed by atoms with E-state index < -0.39 is 12.4 Å². The lowest BCUT2D eigenvalue weighted by Gasteiger charge is -2.57. The molecule has 2 N–H and O–H groups in total. The molecule has 1 aliphatic carbocycles. The number of fused-ring (bicyclic) bond motifs is 1. The van der Waals surface area contributed by atoms with E-state index >= 15 is 0 Å². The van der Waals surface area contributed by atoms with Crippen molar-refractivity contribution in [3.8, 4) is 34.0 Å². The number of ether oxygens (including phenoxy) is 2. The molecule has 14 heteroatoms.